The molecule has 0 aromatic rings. The highest BCUT2D eigenvalue weighted by Gasteiger charge is 2.24. The Morgan fingerprint density at radius 3 is 2.47 bits per heavy atom. The van der Waals surface area contributed by atoms with Crippen LogP contribution in [0.3, 0.4) is 0 Å². The van der Waals surface area contributed by atoms with Crippen molar-refractivity contribution >= 4 is 0 Å². The molecule has 0 bridgehead atoms. The van der Waals surface area contributed by atoms with E-state index < -0.39 is 6.10 Å². The van der Waals surface area contributed by atoms with Crippen molar-refractivity contribution in [2.24, 2.45) is 0 Å². The van der Waals surface area contributed by atoms with E-state index in [4.69, 9.17) is 5.11 Å². The lowest BCUT2D eigenvalue weighted by Gasteiger charge is -2.35. The average molecular weight is 244 g/mol. The molecule has 4 heteroatoms. The number of hydrogen-bond donors (Lipinski definition) is 3. The van der Waals surface area contributed by atoms with E-state index in [2.05, 4.69) is 17.1 Å². The van der Waals surface area contributed by atoms with Crippen molar-refractivity contribution in [3.63, 3.8) is 0 Å². The molecule has 0 heterocycles. The lowest BCUT2D eigenvalue weighted by atomic mass is 9.90. The first-order valence-electron chi connectivity index (χ1n) is 6.89. The van der Waals surface area contributed by atoms with E-state index in [1.165, 1.54) is 32.1 Å². The molecule has 0 radical (unpaired) electrons. The van der Waals surface area contributed by atoms with Gasteiger partial charge in [0.15, 0.2) is 0 Å². The molecule has 1 rings (SSSR count). The van der Waals surface area contributed by atoms with E-state index >= 15 is 0 Å². The Morgan fingerprint density at radius 2 is 1.94 bits per heavy atom. The summed E-state index contributed by atoms with van der Waals surface area (Å²) in [7, 11) is 2.04. The fourth-order valence-corrected chi connectivity index (χ4v) is 2.61. The third-order valence-corrected chi connectivity index (χ3v) is 3.71. The quantitative estimate of drug-likeness (QED) is 0.613. The molecule has 1 fully saturated rings. The van der Waals surface area contributed by atoms with Crippen LogP contribution in [0.2, 0.25) is 0 Å². The maximum absolute atomic E-state index is 9.42. The van der Waals surface area contributed by atoms with Gasteiger partial charge in [0.05, 0.1) is 12.7 Å². The van der Waals surface area contributed by atoms with E-state index in [1.807, 2.05) is 7.05 Å². The van der Waals surface area contributed by atoms with Gasteiger partial charge in [-0.15, -0.1) is 0 Å². The Morgan fingerprint density at radius 1 is 1.29 bits per heavy atom. The molecule has 3 N–H and O–H groups in total. The van der Waals surface area contributed by atoms with E-state index in [1.54, 1.807) is 0 Å². The molecule has 1 aliphatic rings. The van der Waals surface area contributed by atoms with Gasteiger partial charge in [0.1, 0.15) is 0 Å². The first-order chi connectivity index (χ1) is 8.17. The van der Waals surface area contributed by atoms with Crippen LogP contribution in [-0.2, 0) is 0 Å². The van der Waals surface area contributed by atoms with Crippen LogP contribution >= 0.6 is 0 Å². The van der Waals surface area contributed by atoms with E-state index in [-0.39, 0.29) is 6.61 Å². The third-order valence-electron chi connectivity index (χ3n) is 3.71. The topological polar surface area (TPSA) is 55.7 Å². The van der Waals surface area contributed by atoms with Crippen molar-refractivity contribution in [2.75, 3.05) is 26.7 Å². The lowest BCUT2D eigenvalue weighted by Crippen LogP contribution is -2.43. The Hall–Kier alpha value is -0.160. The summed E-state index contributed by atoms with van der Waals surface area (Å²) in [5.41, 5.74) is 0. The molecular weight excluding hydrogens is 216 g/mol. The van der Waals surface area contributed by atoms with Crippen LogP contribution < -0.4 is 5.32 Å². The molecule has 17 heavy (non-hydrogen) atoms. The number of aliphatic hydroxyl groups is 2. The number of nitrogens with one attached hydrogen (secondary N) is 1. The molecule has 1 atom stereocenters. The van der Waals surface area contributed by atoms with Crippen LogP contribution in [0.5, 0.6) is 0 Å². The summed E-state index contributed by atoms with van der Waals surface area (Å²) in [6.07, 6.45) is 5.43. The molecule has 0 aromatic carbocycles. The van der Waals surface area contributed by atoms with E-state index in [0.29, 0.717) is 18.6 Å². The van der Waals surface area contributed by atoms with Crippen molar-refractivity contribution in [3.05, 3.63) is 0 Å². The fourth-order valence-electron chi connectivity index (χ4n) is 2.61. The van der Waals surface area contributed by atoms with Gasteiger partial charge < -0.3 is 20.4 Å². The maximum atomic E-state index is 9.42. The lowest BCUT2D eigenvalue weighted by molar-refractivity contribution is 0.0466. The molecule has 0 spiro atoms. The molecule has 1 saturated carbocycles. The van der Waals surface area contributed by atoms with Gasteiger partial charge in [0.2, 0.25) is 0 Å². The highest BCUT2D eigenvalue weighted by atomic mass is 16.3. The van der Waals surface area contributed by atoms with Crippen LogP contribution in [0.15, 0.2) is 0 Å². The van der Waals surface area contributed by atoms with Crippen molar-refractivity contribution in [2.45, 2.75) is 57.2 Å². The largest absolute Gasteiger partial charge is 0.394 e. The highest BCUT2D eigenvalue weighted by Crippen LogP contribution is 2.22. The zero-order valence-electron chi connectivity index (χ0n) is 11.2. The standard InChI is InChI=1S/C13H28N2O2/c1-3-8-14-11-4-6-12(7-5-11)15(2)9-13(17)10-16/h11-14,16-17H,3-10H2,1-2H3. The van der Waals surface area contributed by atoms with Gasteiger partial charge in [0.25, 0.3) is 0 Å². The molecule has 102 valence electrons. The maximum Gasteiger partial charge on any atom is 0.0897 e. The minimum atomic E-state index is -0.601. The van der Waals surface area contributed by atoms with Gasteiger partial charge in [-0.3, -0.25) is 0 Å². The molecule has 0 saturated heterocycles. The van der Waals surface area contributed by atoms with Gasteiger partial charge in [-0.05, 0) is 45.7 Å². The van der Waals surface area contributed by atoms with Crippen molar-refractivity contribution < 1.29 is 10.2 Å². The second kappa shape index (κ2) is 8.03. The Labute approximate surface area is 105 Å². The fraction of sp³-hybridized carbons (Fsp3) is 1.00. The summed E-state index contributed by atoms with van der Waals surface area (Å²) >= 11 is 0. The summed E-state index contributed by atoms with van der Waals surface area (Å²) in [5.74, 6) is 0. The smallest absolute Gasteiger partial charge is 0.0897 e. The SMILES string of the molecule is CCCNC1CCC(N(C)CC(O)CO)CC1. The predicted molar refractivity (Wildman–Crippen MR) is 70.1 cm³/mol. The normalized spacial score (nSPS) is 27.4. The number of aliphatic hydroxyl groups excluding tert-OH is 2. The summed E-state index contributed by atoms with van der Waals surface area (Å²) in [6, 6.07) is 1.25. The molecule has 1 unspecified atom stereocenters. The van der Waals surface area contributed by atoms with Crippen LogP contribution in [0.4, 0.5) is 0 Å². The van der Waals surface area contributed by atoms with Gasteiger partial charge in [-0.2, -0.15) is 0 Å². The van der Waals surface area contributed by atoms with E-state index in [0.717, 1.165) is 6.54 Å². The average Bonchev–Trinajstić information content (AvgIpc) is 2.36. The number of rotatable bonds is 7. The van der Waals surface area contributed by atoms with Gasteiger partial charge in [-0.25, -0.2) is 0 Å². The van der Waals surface area contributed by atoms with Crippen LogP contribution in [-0.4, -0.2) is 60.0 Å². The number of hydrogen-bond acceptors (Lipinski definition) is 4. The van der Waals surface area contributed by atoms with Crippen LogP contribution in [0, 0.1) is 0 Å². The highest BCUT2D eigenvalue weighted by molar-refractivity contribution is 4.82. The zero-order chi connectivity index (χ0) is 12.7. The summed E-state index contributed by atoms with van der Waals surface area (Å²) in [4.78, 5) is 2.19. The molecule has 1 aliphatic carbocycles. The second-order valence-electron chi connectivity index (χ2n) is 5.24. The first kappa shape index (κ1) is 14.9. The minimum absolute atomic E-state index is 0.141. The molecule has 0 aromatic heterocycles. The van der Waals surface area contributed by atoms with Gasteiger partial charge in [0, 0.05) is 18.6 Å². The number of nitrogens with zero attached hydrogens (tertiary/aromatic N) is 1. The van der Waals surface area contributed by atoms with Crippen LogP contribution in [0.25, 0.3) is 0 Å². The summed E-state index contributed by atoms with van der Waals surface area (Å²) in [5, 5.41) is 21.8. The molecule has 0 amide bonds. The first-order valence-corrected chi connectivity index (χ1v) is 6.89. The molecule has 4 nitrogen and oxygen atoms in total. The summed E-state index contributed by atoms with van der Waals surface area (Å²) < 4.78 is 0. The minimum Gasteiger partial charge on any atom is -0.394 e. The zero-order valence-corrected chi connectivity index (χ0v) is 11.2. The monoisotopic (exact) mass is 244 g/mol. The Kier molecular flexibility index (Phi) is 7.04. The second-order valence-corrected chi connectivity index (χ2v) is 5.24. The van der Waals surface area contributed by atoms with Gasteiger partial charge >= 0.3 is 0 Å². The van der Waals surface area contributed by atoms with Crippen molar-refractivity contribution in [3.8, 4) is 0 Å². The summed E-state index contributed by atoms with van der Waals surface area (Å²) in [6.45, 7) is 3.75. The van der Waals surface area contributed by atoms with Crippen LogP contribution in [0.1, 0.15) is 39.0 Å². The Bertz CT molecular complexity index is 194. The van der Waals surface area contributed by atoms with Crippen molar-refractivity contribution in [1.82, 2.24) is 10.2 Å². The number of likely N-dealkylation sites (N-methyl/N-ethyl adjacent to an activating group) is 1. The third kappa shape index (κ3) is 5.34. The molecular formula is C13H28N2O2. The Balaban J connectivity index is 2.21. The van der Waals surface area contributed by atoms with E-state index in [9.17, 15) is 5.11 Å². The van der Waals surface area contributed by atoms with Crippen molar-refractivity contribution in [1.29, 1.82) is 0 Å². The predicted octanol–water partition coefficient (Wildman–Crippen LogP) is 0.582. The molecule has 0 aliphatic heterocycles. The van der Waals surface area contributed by atoms with Gasteiger partial charge in [-0.1, -0.05) is 6.92 Å².